The number of hydrogen-bond acceptors (Lipinski definition) is 5. The molecular formula is C18H24O9. The second-order valence-electron chi connectivity index (χ2n) is 4.92. The summed E-state index contributed by atoms with van der Waals surface area (Å²) in [5, 5.41) is 33.0. The fourth-order valence-corrected chi connectivity index (χ4v) is 1.43. The van der Waals surface area contributed by atoms with Crippen LogP contribution in [-0.2, 0) is 9.59 Å². The highest BCUT2D eigenvalue weighted by Crippen LogP contribution is 2.09. The highest BCUT2D eigenvalue weighted by Gasteiger charge is 2.18. The lowest BCUT2D eigenvalue weighted by molar-refractivity contribution is -0.139. The van der Waals surface area contributed by atoms with Crippen molar-refractivity contribution >= 4 is 23.9 Å². The quantitative estimate of drug-likeness (QED) is 0.349. The van der Waals surface area contributed by atoms with Gasteiger partial charge >= 0.3 is 23.9 Å². The normalized spacial score (nSPS) is 8.89. The number of unbranched alkanes of at least 4 members (excludes halogenated alkanes) is 2. The summed E-state index contributed by atoms with van der Waals surface area (Å²) in [7, 11) is 0. The van der Waals surface area contributed by atoms with E-state index in [0.29, 0.717) is 12.8 Å². The molecule has 1 rings (SSSR count). The summed E-state index contributed by atoms with van der Waals surface area (Å²) in [6, 6.07) is 1.09. The number of aliphatic carboxylic acids is 2. The Labute approximate surface area is 156 Å². The molecule has 0 aliphatic heterocycles. The zero-order valence-corrected chi connectivity index (χ0v) is 14.8. The van der Waals surface area contributed by atoms with E-state index in [1.807, 2.05) is 12.2 Å². The molecule has 0 saturated carbocycles. The number of hydrogen-bond donors (Lipinski definition) is 4. The first-order valence-corrected chi connectivity index (χ1v) is 7.86. The molecule has 150 valence electrons. The minimum Gasteiger partial charge on any atom is -0.481 e. The van der Waals surface area contributed by atoms with Crippen LogP contribution in [0.2, 0.25) is 0 Å². The summed E-state index contributed by atoms with van der Waals surface area (Å²) < 4.78 is 4.41. The minimum absolute atomic E-state index is 0.0628. The second kappa shape index (κ2) is 16.1. The van der Waals surface area contributed by atoms with E-state index in [4.69, 9.17) is 20.4 Å². The molecule has 4 N–H and O–H groups in total. The fraction of sp³-hybridized carbons (Fsp3) is 0.333. The topological polar surface area (TPSA) is 162 Å². The van der Waals surface area contributed by atoms with E-state index in [2.05, 4.69) is 17.6 Å². The van der Waals surface area contributed by atoms with Crippen molar-refractivity contribution < 1.29 is 44.0 Å². The number of carboxylic acids is 4. The van der Waals surface area contributed by atoms with Gasteiger partial charge in [-0.1, -0.05) is 12.2 Å². The van der Waals surface area contributed by atoms with E-state index < -0.39 is 29.6 Å². The SMILES string of the molecule is C=CCCC=C.O=C(O)CCCCC(=O)O.O=C(O)c1ccoc1C(=O)O. The number of furan rings is 1. The highest BCUT2D eigenvalue weighted by molar-refractivity contribution is 5.99. The fourth-order valence-electron chi connectivity index (χ4n) is 1.43. The van der Waals surface area contributed by atoms with Crippen molar-refractivity contribution in [2.45, 2.75) is 38.5 Å². The van der Waals surface area contributed by atoms with Gasteiger partial charge in [-0.25, -0.2) is 9.59 Å². The van der Waals surface area contributed by atoms with Crippen LogP contribution in [0.4, 0.5) is 0 Å². The maximum absolute atomic E-state index is 10.3. The van der Waals surface area contributed by atoms with E-state index >= 15 is 0 Å². The largest absolute Gasteiger partial charge is 0.481 e. The third kappa shape index (κ3) is 15.9. The molecule has 1 heterocycles. The van der Waals surface area contributed by atoms with Crippen LogP contribution in [0.25, 0.3) is 0 Å². The number of rotatable bonds is 10. The molecule has 9 nitrogen and oxygen atoms in total. The molecule has 27 heavy (non-hydrogen) atoms. The first-order chi connectivity index (χ1) is 12.7. The Bertz CT molecular complexity index is 576. The number of carbonyl (C=O) groups is 4. The van der Waals surface area contributed by atoms with Crippen molar-refractivity contribution in [3.05, 3.63) is 49.0 Å². The molecule has 0 radical (unpaired) electrons. The van der Waals surface area contributed by atoms with Crippen LogP contribution in [0, 0.1) is 0 Å². The Hall–Kier alpha value is -3.36. The molecule has 0 bridgehead atoms. The van der Waals surface area contributed by atoms with Gasteiger partial charge in [0.15, 0.2) is 0 Å². The average molecular weight is 384 g/mol. The van der Waals surface area contributed by atoms with E-state index in [9.17, 15) is 19.2 Å². The predicted molar refractivity (Wildman–Crippen MR) is 96.0 cm³/mol. The summed E-state index contributed by atoms with van der Waals surface area (Å²) >= 11 is 0. The maximum Gasteiger partial charge on any atom is 0.372 e. The van der Waals surface area contributed by atoms with Gasteiger partial charge in [0.25, 0.3) is 0 Å². The van der Waals surface area contributed by atoms with Crippen LogP contribution in [0.3, 0.4) is 0 Å². The summed E-state index contributed by atoms with van der Waals surface area (Å²) in [5.41, 5.74) is -0.336. The number of carboxylic acid groups (broad SMARTS) is 4. The molecular weight excluding hydrogens is 360 g/mol. The Morgan fingerprint density at radius 1 is 0.852 bits per heavy atom. The Kier molecular flexibility index (Phi) is 15.5. The molecule has 0 atom stereocenters. The predicted octanol–water partition coefficient (Wildman–Crippen LogP) is 3.53. The second-order valence-corrected chi connectivity index (χ2v) is 4.92. The van der Waals surface area contributed by atoms with Gasteiger partial charge < -0.3 is 24.8 Å². The van der Waals surface area contributed by atoms with Crippen LogP contribution < -0.4 is 0 Å². The van der Waals surface area contributed by atoms with E-state index in [1.165, 1.54) is 0 Å². The van der Waals surface area contributed by atoms with Gasteiger partial charge in [-0.2, -0.15) is 0 Å². The number of allylic oxidation sites excluding steroid dienone is 2. The lowest BCUT2D eigenvalue weighted by Crippen LogP contribution is -2.03. The zero-order valence-electron chi connectivity index (χ0n) is 14.8. The van der Waals surface area contributed by atoms with Gasteiger partial charge in [0.1, 0.15) is 5.56 Å². The summed E-state index contributed by atoms with van der Waals surface area (Å²) in [5.74, 6) is -4.98. The lowest BCUT2D eigenvalue weighted by Gasteiger charge is -1.92. The third-order valence-electron chi connectivity index (χ3n) is 2.70. The minimum atomic E-state index is -1.38. The first kappa shape index (κ1) is 25.9. The third-order valence-corrected chi connectivity index (χ3v) is 2.70. The monoisotopic (exact) mass is 384 g/mol. The van der Waals surface area contributed by atoms with Crippen LogP contribution in [0.5, 0.6) is 0 Å². The van der Waals surface area contributed by atoms with Crippen molar-refractivity contribution in [2.24, 2.45) is 0 Å². The molecule has 0 aliphatic carbocycles. The van der Waals surface area contributed by atoms with E-state index in [1.54, 1.807) is 0 Å². The molecule has 0 aromatic carbocycles. The van der Waals surface area contributed by atoms with E-state index in [-0.39, 0.29) is 18.4 Å². The Morgan fingerprint density at radius 3 is 1.56 bits per heavy atom. The van der Waals surface area contributed by atoms with Crippen LogP contribution in [0.1, 0.15) is 59.4 Å². The number of aromatic carboxylic acids is 2. The van der Waals surface area contributed by atoms with Gasteiger partial charge in [-0.3, -0.25) is 9.59 Å². The summed E-state index contributed by atoms with van der Waals surface area (Å²) in [4.78, 5) is 40.3. The van der Waals surface area contributed by atoms with Gasteiger partial charge in [-0.15, -0.1) is 13.2 Å². The Morgan fingerprint density at radius 2 is 1.30 bits per heavy atom. The highest BCUT2D eigenvalue weighted by atomic mass is 16.4. The summed E-state index contributed by atoms with van der Waals surface area (Å²) in [6.07, 6.45) is 7.94. The van der Waals surface area contributed by atoms with Crippen molar-refractivity contribution in [3.63, 3.8) is 0 Å². The van der Waals surface area contributed by atoms with E-state index in [0.717, 1.165) is 25.2 Å². The standard InChI is InChI=1S/C6H4O5.C6H10O4.C6H10/c7-5(8)3-1-2-11-4(3)6(9)10;7-5(8)3-1-2-4-6(9)10;1-3-5-6-4-2/h1-2H,(H,7,8)(H,9,10);1-4H2,(H,7,8)(H,9,10);3-4H,1-2,5-6H2. The average Bonchev–Trinajstić information content (AvgIpc) is 3.08. The smallest absolute Gasteiger partial charge is 0.372 e. The first-order valence-electron chi connectivity index (χ1n) is 7.86. The van der Waals surface area contributed by atoms with Gasteiger partial charge in [0.2, 0.25) is 5.76 Å². The molecule has 0 spiro atoms. The summed E-state index contributed by atoms with van der Waals surface area (Å²) in [6.45, 7) is 7.10. The van der Waals surface area contributed by atoms with Crippen molar-refractivity contribution in [1.29, 1.82) is 0 Å². The lowest BCUT2D eigenvalue weighted by atomic mass is 10.2. The molecule has 1 aromatic heterocycles. The molecule has 0 amide bonds. The Balaban J connectivity index is 0. The molecule has 0 saturated heterocycles. The van der Waals surface area contributed by atoms with Crippen LogP contribution in [-0.4, -0.2) is 44.3 Å². The molecule has 0 unspecified atom stereocenters. The molecule has 0 aliphatic rings. The van der Waals surface area contributed by atoms with Crippen LogP contribution in [0.15, 0.2) is 42.1 Å². The van der Waals surface area contributed by atoms with Crippen molar-refractivity contribution in [1.82, 2.24) is 0 Å². The van der Waals surface area contributed by atoms with Crippen LogP contribution >= 0.6 is 0 Å². The van der Waals surface area contributed by atoms with Gasteiger partial charge in [-0.05, 0) is 31.7 Å². The molecule has 0 fully saturated rings. The maximum atomic E-state index is 10.3. The van der Waals surface area contributed by atoms with Crippen molar-refractivity contribution in [3.8, 4) is 0 Å². The van der Waals surface area contributed by atoms with Crippen molar-refractivity contribution in [2.75, 3.05) is 0 Å². The molecule has 1 aromatic rings. The zero-order chi connectivity index (χ0) is 21.2. The molecule has 9 heteroatoms. The van der Waals surface area contributed by atoms with Gasteiger partial charge in [0, 0.05) is 12.8 Å². The van der Waals surface area contributed by atoms with Gasteiger partial charge in [0.05, 0.1) is 6.26 Å².